The summed E-state index contributed by atoms with van der Waals surface area (Å²) in [7, 11) is 5.11. The summed E-state index contributed by atoms with van der Waals surface area (Å²) in [6.45, 7) is 0.522. The van der Waals surface area contributed by atoms with Crippen molar-refractivity contribution >= 4 is 11.8 Å². The van der Waals surface area contributed by atoms with Crippen LogP contribution in [0.3, 0.4) is 0 Å². The Balaban J connectivity index is 1.19. The number of rotatable bonds is 10. The summed E-state index contributed by atoms with van der Waals surface area (Å²) in [5.74, 6) is 4.36. The first kappa shape index (κ1) is 24.7. The minimum atomic E-state index is -0.455. The Morgan fingerprint density at radius 1 is 1.06 bits per heavy atom. The molecular weight excluding hydrogens is 456 g/mol. The molecule has 36 heavy (non-hydrogen) atoms. The number of methoxy groups -OCH3 is 2. The second-order valence-corrected chi connectivity index (χ2v) is 11.1. The van der Waals surface area contributed by atoms with Crippen molar-refractivity contribution in [1.82, 2.24) is 20.2 Å². The largest absolute Gasteiger partial charge is 0.497 e. The Hall–Kier alpha value is -3.03. The van der Waals surface area contributed by atoms with Crippen molar-refractivity contribution in [3.63, 3.8) is 0 Å². The maximum Gasteiger partial charge on any atom is 0.226 e. The highest BCUT2D eigenvalue weighted by Crippen LogP contribution is 2.60. The van der Waals surface area contributed by atoms with Crippen molar-refractivity contribution in [3.05, 3.63) is 42.0 Å². The lowest BCUT2D eigenvalue weighted by Gasteiger charge is -2.55. The number of aromatic nitrogens is 2. The van der Waals surface area contributed by atoms with Crippen LogP contribution >= 0.6 is 0 Å². The topological polar surface area (TPSA) is 94.5 Å². The van der Waals surface area contributed by atoms with Crippen molar-refractivity contribution in [1.29, 1.82) is 0 Å². The van der Waals surface area contributed by atoms with Crippen molar-refractivity contribution in [3.8, 4) is 11.5 Å². The van der Waals surface area contributed by atoms with Crippen molar-refractivity contribution in [2.24, 2.45) is 30.2 Å². The molecule has 8 nitrogen and oxygen atoms in total. The second-order valence-electron chi connectivity index (χ2n) is 11.1. The number of carbonyl (C=O) groups is 2. The third-order valence-corrected chi connectivity index (χ3v) is 8.52. The van der Waals surface area contributed by atoms with E-state index in [2.05, 4.69) is 15.6 Å². The minimum Gasteiger partial charge on any atom is -0.497 e. The number of imidazole rings is 1. The number of nitrogens with one attached hydrogen (secondary N) is 2. The number of amides is 2. The van der Waals surface area contributed by atoms with Crippen LogP contribution in [0, 0.1) is 23.2 Å². The Morgan fingerprint density at radius 2 is 1.67 bits per heavy atom. The molecule has 2 amide bonds. The van der Waals surface area contributed by atoms with Gasteiger partial charge >= 0.3 is 0 Å². The van der Waals surface area contributed by atoms with E-state index in [1.807, 2.05) is 29.9 Å². The van der Waals surface area contributed by atoms with E-state index in [9.17, 15) is 9.59 Å². The smallest absolute Gasteiger partial charge is 0.226 e. The minimum absolute atomic E-state index is 0.0890. The summed E-state index contributed by atoms with van der Waals surface area (Å²) in [4.78, 5) is 30.6. The third-order valence-electron chi connectivity index (χ3n) is 8.52. The maximum atomic E-state index is 13.2. The summed E-state index contributed by atoms with van der Waals surface area (Å²) in [5, 5.41) is 6.31. The number of ether oxygens (including phenoxy) is 2. The molecule has 8 heteroatoms. The fourth-order valence-electron chi connectivity index (χ4n) is 7.21. The molecule has 4 fully saturated rings. The van der Waals surface area contributed by atoms with Gasteiger partial charge in [-0.25, -0.2) is 4.98 Å². The van der Waals surface area contributed by atoms with Crippen LogP contribution in [0.5, 0.6) is 11.5 Å². The normalized spacial score (nSPS) is 26.9. The maximum absolute atomic E-state index is 13.2. The molecule has 4 aliphatic carbocycles. The first-order valence-electron chi connectivity index (χ1n) is 13.2. The molecule has 2 N–H and O–H groups in total. The Bertz CT molecular complexity index is 1050. The molecule has 2 aromatic rings. The van der Waals surface area contributed by atoms with E-state index in [4.69, 9.17) is 9.47 Å². The highest BCUT2D eigenvalue weighted by atomic mass is 16.5. The van der Waals surface area contributed by atoms with Gasteiger partial charge in [0.05, 0.1) is 14.2 Å². The average molecular weight is 495 g/mol. The monoisotopic (exact) mass is 494 g/mol. The van der Waals surface area contributed by atoms with Crippen molar-refractivity contribution < 1.29 is 19.1 Å². The highest BCUT2D eigenvalue weighted by Gasteiger charge is 2.54. The van der Waals surface area contributed by atoms with E-state index in [0.29, 0.717) is 36.7 Å². The van der Waals surface area contributed by atoms with E-state index in [-0.39, 0.29) is 17.2 Å². The van der Waals surface area contributed by atoms with Gasteiger partial charge < -0.3 is 24.7 Å². The molecule has 0 aliphatic heterocycles. The molecule has 1 atom stereocenters. The molecule has 4 aliphatic rings. The number of hydrogen-bond donors (Lipinski definition) is 2. The summed E-state index contributed by atoms with van der Waals surface area (Å²) in [5.41, 5.74) is 0.676. The molecule has 6 rings (SSSR count). The van der Waals surface area contributed by atoms with Gasteiger partial charge in [-0.1, -0.05) is 0 Å². The molecule has 194 valence electrons. The van der Waals surface area contributed by atoms with Gasteiger partial charge in [-0.05, 0) is 80.4 Å². The quantitative estimate of drug-likeness (QED) is 0.491. The lowest BCUT2D eigenvalue weighted by atomic mass is 9.49. The van der Waals surface area contributed by atoms with Gasteiger partial charge in [-0.3, -0.25) is 9.59 Å². The van der Waals surface area contributed by atoms with E-state index in [1.54, 1.807) is 26.5 Å². The first-order chi connectivity index (χ1) is 17.4. The zero-order valence-electron chi connectivity index (χ0n) is 21.6. The Kier molecular flexibility index (Phi) is 6.95. The predicted octanol–water partition coefficient (Wildman–Crippen LogP) is 3.76. The van der Waals surface area contributed by atoms with Crippen LogP contribution in [-0.4, -0.2) is 42.1 Å². The van der Waals surface area contributed by atoms with E-state index < -0.39 is 6.04 Å². The van der Waals surface area contributed by atoms with Gasteiger partial charge in [0.2, 0.25) is 11.8 Å². The molecule has 0 spiro atoms. The van der Waals surface area contributed by atoms with Crippen LogP contribution in [0.15, 0.2) is 30.6 Å². The fourth-order valence-corrected chi connectivity index (χ4v) is 7.21. The first-order valence-corrected chi connectivity index (χ1v) is 13.2. The summed E-state index contributed by atoms with van der Waals surface area (Å²) in [6, 6.07) is 5.11. The molecule has 1 aromatic heterocycles. The number of hydrogen-bond acceptors (Lipinski definition) is 5. The van der Waals surface area contributed by atoms with Crippen LogP contribution in [0.4, 0.5) is 0 Å². The van der Waals surface area contributed by atoms with Crippen molar-refractivity contribution in [2.45, 2.75) is 57.4 Å². The van der Waals surface area contributed by atoms with Crippen molar-refractivity contribution in [2.75, 3.05) is 20.8 Å². The standard InChI is InChI=1S/C28H38N4O4/c1-32-8-7-29-26(32)25(21-12-22(35-2)14-23(13-21)36-3)31-24(33)5-4-6-30-27(34)28-15-18-9-19(16-28)11-20(10-18)17-28/h7-8,12-14,18-20,25H,4-6,9-11,15-17H2,1-3H3,(H,30,34)(H,31,33)/t18?,19?,20?,25-,28?/m1/s1. The van der Waals surface area contributed by atoms with Gasteiger partial charge in [0.1, 0.15) is 23.4 Å². The predicted molar refractivity (Wildman–Crippen MR) is 136 cm³/mol. The lowest BCUT2D eigenvalue weighted by Crippen LogP contribution is -2.53. The molecule has 0 unspecified atom stereocenters. The molecule has 1 heterocycles. The molecular formula is C28H38N4O4. The summed E-state index contributed by atoms with van der Waals surface area (Å²) >= 11 is 0. The summed E-state index contributed by atoms with van der Waals surface area (Å²) < 4.78 is 12.7. The van der Waals surface area contributed by atoms with Gasteiger partial charge in [-0.15, -0.1) is 0 Å². The Labute approximate surface area is 213 Å². The summed E-state index contributed by atoms with van der Waals surface area (Å²) in [6.07, 6.45) is 11.6. The number of aryl methyl sites for hydroxylation is 1. The number of nitrogens with zero attached hydrogens (tertiary/aromatic N) is 2. The molecule has 4 saturated carbocycles. The van der Waals surface area contributed by atoms with Crippen LogP contribution in [0.1, 0.15) is 68.8 Å². The zero-order valence-corrected chi connectivity index (χ0v) is 21.6. The van der Waals surface area contributed by atoms with Crippen LogP contribution < -0.4 is 20.1 Å². The van der Waals surface area contributed by atoms with Gasteiger partial charge in [-0.2, -0.15) is 0 Å². The van der Waals surface area contributed by atoms with Crippen LogP contribution in [-0.2, 0) is 16.6 Å². The van der Waals surface area contributed by atoms with Gasteiger partial charge in [0, 0.05) is 43.9 Å². The zero-order chi connectivity index (χ0) is 25.3. The fraction of sp³-hybridized carbons (Fsp3) is 0.607. The van der Waals surface area contributed by atoms with E-state index >= 15 is 0 Å². The number of carbonyl (C=O) groups excluding carboxylic acids is 2. The van der Waals surface area contributed by atoms with Crippen LogP contribution in [0.2, 0.25) is 0 Å². The van der Waals surface area contributed by atoms with Gasteiger partial charge in [0.25, 0.3) is 0 Å². The van der Waals surface area contributed by atoms with E-state index in [0.717, 1.165) is 42.6 Å². The highest BCUT2D eigenvalue weighted by molar-refractivity contribution is 5.83. The molecule has 0 radical (unpaired) electrons. The van der Waals surface area contributed by atoms with Gasteiger partial charge in [0.15, 0.2) is 0 Å². The van der Waals surface area contributed by atoms with E-state index in [1.165, 1.54) is 19.3 Å². The lowest BCUT2D eigenvalue weighted by molar-refractivity contribution is -0.146. The molecule has 0 saturated heterocycles. The molecule has 4 bridgehead atoms. The second kappa shape index (κ2) is 10.1. The average Bonchev–Trinajstić information content (AvgIpc) is 3.29. The number of benzene rings is 1. The SMILES string of the molecule is COc1cc(OC)cc([C@@H](NC(=O)CCCNC(=O)C23CC4CC(CC(C4)C2)C3)c2nccn2C)c1. The third kappa shape index (κ3) is 4.95. The van der Waals surface area contributed by atoms with Crippen LogP contribution in [0.25, 0.3) is 0 Å². The Morgan fingerprint density at radius 3 is 2.19 bits per heavy atom. The molecule has 1 aromatic carbocycles.